The van der Waals surface area contributed by atoms with Gasteiger partial charge in [0, 0.05) is 58.9 Å². The number of rotatable bonds is 1. The van der Waals surface area contributed by atoms with E-state index in [1.165, 1.54) is 17.0 Å². The number of aromatic nitrogens is 3. The first-order chi connectivity index (χ1) is 23.8. The quantitative estimate of drug-likeness (QED) is 0.199. The Labute approximate surface area is 289 Å². The maximum absolute atomic E-state index is 14.5. The van der Waals surface area contributed by atoms with E-state index < -0.39 is 0 Å². The molecule has 0 unspecified atom stereocenters. The summed E-state index contributed by atoms with van der Waals surface area (Å²) in [5.74, 6) is 0.490. The normalized spacial score (nSPS) is 15.4. The molecule has 8 bridgehead atoms. The van der Waals surface area contributed by atoms with Gasteiger partial charge in [0.05, 0.1) is 36.9 Å². The van der Waals surface area contributed by atoms with Crippen LogP contribution in [0.4, 0.5) is 11.4 Å². The molecule has 10 rings (SSSR count). The molecule has 0 saturated heterocycles. The first kappa shape index (κ1) is 32.2. The molecule has 5 aromatic rings. The minimum Gasteiger partial charge on any atom is -0.508 e. The molecular weight excluding hydrogens is 642 g/mol. The number of hydrogen-bond donors (Lipinski definition) is 1. The second kappa shape index (κ2) is 13.6. The van der Waals surface area contributed by atoms with Gasteiger partial charge >= 0.3 is 6.01 Å². The van der Waals surface area contributed by atoms with Gasteiger partial charge in [0.2, 0.25) is 0 Å². The Hall–Kier alpha value is -5.35. The van der Waals surface area contributed by atoms with Crippen molar-refractivity contribution in [3.05, 3.63) is 112 Å². The van der Waals surface area contributed by atoms with Crippen molar-refractivity contribution in [1.29, 1.82) is 0 Å². The van der Waals surface area contributed by atoms with Crippen molar-refractivity contribution in [3.63, 3.8) is 0 Å². The molecule has 10 nitrogen and oxygen atoms in total. The van der Waals surface area contributed by atoms with E-state index in [0.29, 0.717) is 77.2 Å². The summed E-state index contributed by atoms with van der Waals surface area (Å²) < 4.78 is 13.9. The van der Waals surface area contributed by atoms with Gasteiger partial charge in [-0.3, -0.25) is 14.5 Å². The SMILES string of the molecule is Cc1c2cc(n1C)-c1cc(Cl)ccc1C(=O)N1CCc3c(cccc3OCCCCCOc3ncc(cn3)N(c3ccc(O)cc3)C2=O)C1. The highest BCUT2D eigenvalue weighted by Crippen LogP contribution is 2.36. The van der Waals surface area contributed by atoms with Crippen LogP contribution in [0.2, 0.25) is 5.02 Å². The van der Waals surface area contributed by atoms with Crippen LogP contribution >= 0.6 is 11.6 Å². The lowest BCUT2D eigenvalue weighted by Crippen LogP contribution is -2.36. The monoisotopic (exact) mass is 677 g/mol. The lowest BCUT2D eigenvalue weighted by molar-refractivity contribution is 0.0734. The van der Waals surface area contributed by atoms with E-state index in [0.717, 1.165) is 36.1 Å². The zero-order chi connectivity index (χ0) is 34.1. The largest absolute Gasteiger partial charge is 0.508 e. The number of nitrogens with zero attached hydrogens (tertiary/aromatic N) is 5. The highest BCUT2D eigenvalue weighted by atomic mass is 35.5. The third kappa shape index (κ3) is 6.44. The first-order valence-corrected chi connectivity index (χ1v) is 16.7. The topological polar surface area (TPSA) is 110 Å². The van der Waals surface area contributed by atoms with Crippen LogP contribution in [0.1, 0.15) is 56.8 Å². The fraction of sp³-hybridized carbons (Fsp3) is 0.263. The summed E-state index contributed by atoms with van der Waals surface area (Å²) in [5, 5.41) is 10.5. The predicted octanol–water partition coefficient (Wildman–Crippen LogP) is 7.27. The molecule has 250 valence electrons. The number of anilines is 2. The fourth-order valence-corrected chi connectivity index (χ4v) is 6.65. The molecule has 0 aliphatic carbocycles. The summed E-state index contributed by atoms with van der Waals surface area (Å²) in [7, 11) is 1.86. The van der Waals surface area contributed by atoms with Crippen LogP contribution in [0, 0.1) is 6.92 Å². The van der Waals surface area contributed by atoms with Crippen molar-refractivity contribution < 1.29 is 24.2 Å². The van der Waals surface area contributed by atoms with Crippen molar-refractivity contribution in [2.24, 2.45) is 7.05 Å². The predicted molar refractivity (Wildman–Crippen MR) is 187 cm³/mol. The lowest BCUT2D eigenvalue weighted by atomic mass is 9.96. The van der Waals surface area contributed by atoms with Crippen LogP contribution in [-0.2, 0) is 20.0 Å². The lowest BCUT2D eigenvalue weighted by Gasteiger charge is -2.30. The van der Waals surface area contributed by atoms with E-state index in [9.17, 15) is 14.7 Å². The number of hydrogen-bond acceptors (Lipinski definition) is 7. The number of carbonyl (C=O) groups is 2. The Bertz CT molecular complexity index is 2030. The van der Waals surface area contributed by atoms with Crippen molar-refractivity contribution in [3.8, 4) is 28.8 Å². The zero-order valence-electron chi connectivity index (χ0n) is 27.4. The molecule has 5 aliphatic rings. The van der Waals surface area contributed by atoms with Crippen molar-refractivity contribution in [2.45, 2.75) is 39.2 Å². The number of ether oxygens (including phenoxy) is 2. The van der Waals surface area contributed by atoms with Gasteiger partial charge in [0.15, 0.2) is 0 Å². The van der Waals surface area contributed by atoms with Crippen LogP contribution < -0.4 is 14.4 Å². The Kier molecular flexibility index (Phi) is 8.97. The van der Waals surface area contributed by atoms with Crippen LogP contribution in [0.25, 0.3) is 11.3 Å². The Morgan fingerprint density at radius 2 is 1.57 bits per heavy atom. The van der Waals surface area contributed by atoms with E-state index in [2.05, 4.69) is 16.0 Å². The summed E-state index contributed by atoms with van der Waals surface area (Å²) >= 11 is 6.54. The van der Waals surface area contributed by atoms with Crippen molar-refractivity contribution in [1.82, 2.24) is 19.4 Å². The van der Waals surface area contributed by atoms with Gasteiger partial charge < -0.3 is 24.0 Å². The van der Waals surface area contributed by atoms with Crippen LogP contribution in [0.3, 0.4) is 0 Å². The summed E-state index contributed by atoms with van der Waals surface area (Å²) in [6, 6.07) is 19.6. The molecule has 2 aromatic heterocycles. The highest BCUT2D eigenvalue weighted by Gasteiger charge is 2.29. The molecule has 7 heterocycles. The number of carbonyl (C=O) groups excluding carboxylic acids is 2. The Morgan fingerprint density at radius 1 is 0.816 bits per heavy atom. The van der Waals surface area contributed by atoms with E-state index in [1.54, 1.807) is 48.8 Å². The Balaban J connectivity index is 1.32. The minimum absolute atomic E-state index is 0.0719. The van der Waals surface area contributed by atoms with Crippen LogP contribution in [0.5, 0.6) is 17.5 Å². The maximum atomic E-state index is 14.5. The van der Waals surface area contributed by atoms with Crippen LogP contribution in [0.15, 0.2) is 79.1 Å². The van der Waals surface area contributed by atoms with E-state index in [1.807, 2.05) is 35.6 Å². The zero-order valence-corrected chi connectivity index (χ0v) is 28.1. The van der Waals surface area contributed by atoms with Gasteiger partial charge in [-0.15, -0.1) is 0 Å². The molecule has 0 saturated carbocycles. The second-order valence-corrected chi connectivity index (χ2v) is 12.7. The van der Waals surface area contributed by atoms with Gasteiger partial charge in [-0.2, -0.15) is 0 Å². The first-order valence-electron chi connectivity index (χ1n) is 16.4. The van der Waals surface area contributed by atoms with E-state index >= 15 is 0 Å². The molecule has 3 aromatic carbocycles. The maximum Gasteiger partial charge on any atom is 0.316 e. The third-order valence-corrected chi connectivity index (χ3v) is 9.46. The summed E-state index contributed by atoms with van der Waals surface area (Å²) in [5.41, 5.74) is 6.03. The average molecular weight is 678 g/mol. The Morgan fingerprint density at radius 3 is 2.35 bits per heavy atom. The fourth-order valence-electron chi connectivity index (χ4n) is 6.47. The molecule has 11 heteroatoms. The van der Waals surface area contributed by atoms with Gasteiger partial charge in [-0.1, -0.05) is 23.7 Å². The summed E-state index contributed by atoms with van der Waals surface area (Å²) in [6.45, 7) is 3.89. The number of amides is 2. The second-order valence-electron chi connectivity index (χ2n) is 12.3. The van der Waals surface area contributed by atoms with Crippen LogP contribution in [-0.4, -0.2) is 56.1 Å². The van der Waals surface area contributed by atoms with Gasteiger partial charge in [-0.25, -0.2) is 9.97 Å². The highest BCUT2D eigenvalue weighted by molar-refractivity contribution is 6.31. The number of phenolic OH excluding ortho intramolecular Hbond substituents is 1. The summed E-state index contributed by atoms with van der Waals surface area (Å²) in [6.07, 6.45) is 6.34. The van der Waals surface area contributed by atoms with Crippen molar-refractivity contribution in [2.75, 3.05) is 24.7 Å². The number of halogens is 1. The smallest absolute Gasteiger partial charge is 0.316 e. The molecule has 0 atom stereocenters. The van der Waals surface area contributed by atoms with Gasteiger partial charge in [0.1, 0.15) is 11.5 Å². The molecule has 49 heavy (non-hydrogen) atoms. The molecule has 0 spiro atoms. The number of aromatic hydroxyl groups is 1. The minimum atomic E-state index is -0.336. The summed E-state index contributed by atoms with van der Waals surface area (Å²) in [4.78, 5) is 40.9. The molecule has 1 N–H and O–H groups in total. The molecular formula is C38H36ClN5O5. The van der Waals surface area contributed by atoms with E-state index in [-0.39, 0.29) is 23.6 Å². The average Bonchev–Trinajstić information content (AvgIpc) is 3.41. The third-order valence-electron chi connectivity index (χ3n) is 9.23. The molecule has 0 fully saturated rings. The molecule has 5 aliphatic heterocycles. The number of phenols is 1. The van der Waals surface area contributed by atoms with E-state index in [4.69, 9.17) is 21.1 Å². The molecule has 2 amide bonds. The molecule has 0 radical (unpaired) electrons. The van der Waals surface area contributed by atoms with Gasteiger partial charge in [-0.05, 0) is 92.8 Å². The number of benzene rings is 3. The van der Waals surface area contributed by atoms with Gasteiger partial charge in [0.25, 0.3) is 11.8 Å². The van der Waals surface area contributed by atoms with Crippen molar-refractivity contribution >= 4 is 34.8 Å². The standard InChI is InChI=1S/C38H36ClN5O5/c1-24-32-20-34(42(24)2)33-19-26(39)9-14-31(33)36(46)43-16-15-30-25(23-43)7-6-8-35(30)48-17-4-3-5-18-49-38-40-21-28(22-41-38)44(37(32)47)27-10-12-29(45)13-11-27/h6-14,19-22,45H,3-5,15-18,23H2,1-2H3.